The van der Waals surface area contributed by atoms with Gasteiger partial charge in [0, 0.05) is 23.9 Å². The van der Waals surface area contributed by atoms with E-state index in [4.69, 9.17) is 4.74 Å². The van der Waals surface area contributed by atoms with E-state index in [1.807, 2.05) is 31.2 Å². The van der Waals surface area contributed by atoms with Gasteiger partial charge in [0.1, 0.15) is 16.8 Å². The molecule has 0 atom stereocenters. The summed E-state index contributed by atoms with van der Waals surface area (Å²) >= 11 is 0. The highest BCUT2D eigenvalue weighted by molar-refractivity contribution is 6.02. The summed E-state index contributed by atoms with van der Waals surface area (Å²) in [4.78, 5) is 24.2. The maximum Gasteiger partial charge on any atom is 0.270 e. The van der Waals surface area contributed by atoms with Crippen LogP contribution in [0.1, 0.15) is 12.5 Å². The van der Waals surface area contributed by atoms with Gasteiger partial charge in [0.05, 0.1) is 17.2 Å². The Bertz CT molecular complexity index is 1310. The summed E-state index contributed by atoms with van der Waals surface area (Å²) < 4.78 is 5.45. The van der Waals surface area contributed by atoms with Crippen LogP contribution >= 0.6 is 0 Å². The van der Waals surface area contributed by atoms with Crippen molar-refractivity contribution in [2.45, 2.75) is 6.92 Å². The Balaban J connectivity index is 1.47. The lowest BCUT2D eigenvalue weighted by Crippen LogP contribution is -2.07. The monoisotopic (exact) mass is 429 g/mol. The van der Waals surface area contributed by atoms with Crippen LogP contribution in [-0.2, 0) is 4.79 Å². The molecule has 0 saturated carbocycles. The van der Waals surface area contributed by atoms with Crippen LogP contribution in [0, 0.1) is 10.1 Å². The minimum atomic E-state index is -0.479. The summed E-state index contributed by atoms with van der Waals surface area (Å²) in [6.45, 7) is 2.52. The summed E-state index contributed by atoms with van der Waals surface area (Å²) in [6, 6.07) is 18.7. The fourth-order valence-electron chi connectivity index (χ4n) is 3.05. The standard InChI is InChI=1S/C23H19N5O4/c1-2-32-20-10-8-18(9-11-20)27-25-21-12-7-17(15-22(21)26-27)24-23(29)13-6-16-4-3-5-19(14-16)28(30)31/h3-15H,2H2,1H3,(H,24,29). The van der Waals surface area contributed by atoms with Crippen LogP contribution < -0.4 is 10.1 Å². The Hall–Kier alpha value is -4.53. The first-order chi connectivity index (χ1) is 15.5. The van der Waals surface area contributed by atoms with E-state index in [0.717, 1.165) is 11.4 Å². The van der Waals surface area contributed by atoms with Crippen LogP contribution in [0.25, 0.3) is 22.8 Å². The second kappa shape index (κ2) is 9.09. The van der Waals surface area contributed by atoms with E-state index in [-0.39, 0.29) is 11.6 Å². The Kier molecular flexibility index (Phi) is 5.89. The third-order valence-electron chi connectivity index (χ3n) is 4.53. The number of amides is 1. The molecule has 4 aromatic rings. The smallest absolute Gasteiger partial charge is 0.270 e. The predicted octanol–water partition coefficient (Wildman–Crippen LogP) is 4.38. The van der Waals surface area contributed by atoms with E-state index in [9.17, 15) is 14.9 Å². The average molecular weight is 429 g/mol. The van der Waals surface area contributed by atoms with Gasteiger partial charge in [0.15, 0.2) is 0 Å². The summed E-state index contributed by atoms with van der Waals surface area (Å²) in [5, 5.41) is 22.6. The second-order valence-electron chi connectivity index (χ2n) is 6.79. The highest BCUT2D eigenvalue weighted by Crippen LogP contribution is 2.20. The zero-order chi connectivity index (χ0) is 22.5. The van der Waals surface area contributed by atoms with Gasteiger partial charge < -0.3 is 10.1 Å². The van der Waals surface area contributed by atoms with Crippen molar-refractivity contribution < 1.29 is 14.5 Å². The van der Waals surface area contributed by atoms with E-state index >= 15 is 0 Å². The molecule has 1 N–H and O–H groups in total. The number of nitrogens with one attached hydrogen (secondary N) is 1. The molecule has 0 unspecified atom stereocenters. The largest absolute Gasteiger partial charge is 0.494 e. The Morgan fingerprint density at radius 2 is 1.88 bits per heavy atom. The SMILES string of the molecule is CCOc1ccc(-n2nc3ccc(NC(=O)C=Cc4cccc([N+](=O)[O-])c4)cc3n2)cc1. The highest BCUT2D eigenvalue weighted by Gasteiger charge is 2.08. The molecule has 1 amide bonds. The van der Waals surface area contributed by atoms with Crippen molar-refractivity contribution in [2.24, 2.45) is 0 Å². The first-order valence-corrected chi connectivity index (χ1v) is 9.86. The number of hydrogen-bond donors (Lipinski definition) is 1. The summed E-state index contributed by atoms with van der Waals surface area (Å²) in [5.41, 5.74) is 3.18. The van der Waals surface area contributed by atoms with Crippen molar-refractivity contribution in [1.29, 1.82) is 0 Å². The quantitative estimate of drug-likeness (QED) is 0.265. The summed E-state index contributed by atoms with van der Waals surface area (Å²) in [5.74, 6) is 0.408. The van der Waals surface area contributed by atoms with Crippen molar-refractivity contribution >= 4 is 34.4 Å². The lowest BCUT2D eigenvalue weighted by Gasteiger charge is -2.03. The molecule has 1 aromatic heterocycles. The number of carbonyl (C=O) groups is 1. The number of fused-ring (bicyclic) bond motifs is 1. The van der Waals surface area contributed by atoms with Crippen LogP contribution in [0.15, 0.2) is 72.8 Å². The van der Waals surface area contributed by atoms with E-state index in [0.29, 0.717) is 28.9 Å². The Morgan fingerprint density at radius 3 is 2.62 bits per heavy atom. The van der Waals surface area contributed by atoms with Crippen molar-refractivity contribution in [2.75, 3.05) is 11.9 Å². The molecule has 0 bridgehead atoms. The van der Waals surface area contributed by atoms with Crippen molar-refractivity contribution in [3.63, 3.8) is 0 Å². The van der Waals surface area contributed by atoms with Crippen molar-refractivity contribution in [3.05, 3.63) is 88.5 Å². The van der Waals surface area contributed by atoms with Crippen LogP contribution in [0.5, 0.6) is 5.75 Å². The van der Waals surface area contributed by atoms with Crippen LogP contribution in [0.4, 0.5) is 11.4 Å². The van der Waals surface area contributed by atoms with Gasteiger partial charge in [0.2, 0.25) is 5.91 Å². The summed E-state index contributed by atoms with van der Waals surface area (Å²) in [7, 11) is 0. The molecule has 0 fully saturated rings. The molecule has 0 radical (unpaired) electrons. The molecule has 0 aliphatic heterocycles. The number of nitro groups is 1. The number of ether oxygens (including phenoxy) is 1. The Morgan fingerprint density at radius 1 is 1.09 bits per heavy atom. The molecule has 0 aliphatic rings. The van der Waals surface area contributed by atoms with Gasteiger partial charge in [-0.1, -0.05) is 12.1 Å². The average Bonchev–Trinajstić information content (AvgIpc) is 3.22. The van der Waals surface area contributed by atoms with Gasteiger partial charge in [-0.05, 0) is 61.0 Å². The van der Waals surface area contributed by atoms with Gasteiger partial charge in [-0.2, -0.15) is 4.80 Å². The second-order valence-corrected chi connectivity index (χ2v) is 6.79. The topological polar surface area (TPSA) is 112 Å². The van der Waals surface area contributed by atoms with Gasteiger partial charge in [-0.25, -0.2) is 0 Å². The molecular weight excluding hydrogens is 410 g/mol. The first-order valence-electron chi connectivity index (χ1n) is 9.86. The number of nitro benzene ring substituents is 1. The van der Waals surface area contributed by atoms with E-state index < -0.39 is 4.92 Å². The zero-order valence-corrected chi connectivity index (χ0v) is 17.1. The molecule has 3 aromatic carbocycles. The summed E-state index contributed by atoms with van der Waals surface area (Å²) in [6.07, 6.45) is 2.84. The molecule has 9 nitrogen and oxygen atoms in total. The molecule has 0 spiro atoms. The lowest BCUT2D eigenvalue weighted by atomic mass is 10.2. The minimum Gasteiger partial charge on any atom is -0.494 e. The van der Waals surface area contributed by atoms with Crippen molar-refractivity contribution in [3.8, 4) is 11.4 Å². The van der Waals surface area contributed by atoms with Gasteiger partial charge in [-0.3, -0.25) is 14.9 Å². The third-order valence-corrected chi connectivity index (χ3v) is 4.53. The number of aromatic nitrogens is 3. The van der Waals surface area contributed by atoms with E-state index in [1.54, 1.807) is 30.3 Å². The van der Waals surface area contributed by atoms with Crippen molar-refractivity contribution in [1.82, 2.24) is 15.0 Å². The molecule has 160 valence electrons. The number of benzene rings is 3. The molecular formula is C23H19N5O4. The maximum atomic E-state index is 12.3. The lowest BCUT2D eigenvalue weighted by molar-refractivity contribution is -0.384. The predicted molar refractivity (Wildman–Crippen MR) is 121 cm³/mol. The zero-order valence-electron chi connectivity index (χ0n) is 17.1. The third kappa shape index (κ3) is 4.78. The number of nitrogens with zero attached hydrogens (tertiary/aromatic N) is 4. The number of rotatable bonds is 7. The number of hydrogen-bond acceptors (Lipinski definition) is 6. The van der Waals surface area contributed by atoms with Crippen LogP contribution in [0.3, 0.4) is 0 Å². The fourth-order valence-corrected chi connectivity index (χ4v) is 3.05. The van der Waals surface area contributed by atoms with Crippen LogP contribution in [-0.4, -0.2) is 32.4 Å². The van der Waals surface area contributed by atoms with Gasteiger partial charge in [0.25, 0.3) is 5.69 Å². The van der Waals surface area contributed by atoms with E-state index in [1.165, 1.54) is 29.1 Å². The number of anilines is 1. The first kappa shape index (κ1) is 20.7. The molecule has 1 heterocycles. The van der Waals surface area contributed by atoms with Gasteiger partial charge in [-0.15, -0.1) is 10.2 Å². The highest BCUT2D eigenvalue weighted by atomic mass is 16.6. The molecule has 0 aliphatic carbocycles. The number of carbonyl (C=O) groups excluding carboxylic acids is 1. The normalized spacial score (nSPS) is 11.0. The minimum absolute atomic E-state index is 0.0337. The van der Waals surface area contributed by atoms with Gasteiger partial charge >= 0.3 is 0 Å². The molecule has 9 heteroatoms. The molecule has 4 rings (SSSR count). The van der Waals surface area contributed by atoms with Crippen LogP contribution in [0.2, 0.25) is 0 Å². The molecule has 0 saturated heterocycles. The Labute approximate surface area is 183 Å². The number of non-ortho nitro benzene ring substituents is 1. The molecule has 32 heavy (non-hydrogen) atoms. The maximum absolute atomic E-state index is 12.3. The van der Waals surface area contributed by atoms with E-state index in [2.05, 4.69) is 15.5 Å². The fraction of sp³-hybridized carbons (Fsp3) is 0.0870.